The summed E-state index contributed by atoms with van der Waals surface area (Å²) in [5.41, 5.74) is 1.85. The van der Waals surface area contributed by atoms with Gasteiger partial charge in [-0.2, -0.15) is 0 Å². The van der Waals surface area contributed by atoms with Gasteiger partial charge >= 0.3 is 0 Å². The molecule has 5 heteroatoms. The summed E-state index contributed by atoms with van der Waals surface area (Å²) in [5, 5.41) is 2.98. The van der Waals surface area contributed by atoms with Gasteiger partial charge in [0.05, 0.1) is 5.75 Å². The molecule has 0 aromatic heterocycles. The van der Waals surface area contributed by atoms with E-state index in [1.54, 1.807) is 11.8 Å². The van der Waals surface area contributed by atoms with E-state index in [-0.39, 0.29) is 17.4 Å². The lowest BCUT2D eigenvalue weighted by atomic mass is 10.1. The fourth-order valence-corrected chi connectivity index (χ4v) is 3.48. The molecular weight excluding hydrogens is 368 g/mol. The highest BCUT2D eigenvalue weighted by Crippen LogP contribution is 2.20. The smallest absolute Gasteiger partial charge is 0.242 e. The quantitative estimate of drug-likeness (QED) is 0.703. The Morgan fingerprint density at radius 3 is 2.21 bits per heavy atom. The van der Waals surface area contributed by atoms with Crippen LogP contribution in [0.3, 0.4) is 0 Å². The zero-order valence-electron chi connectivity index (χ0n) is 17.4. The zero-order valence-corrected chi connectivity index (χ0v) is 18.2. The molecule has 4 nitrogen and oxygen atoms in total. The van der Waals surface area contributed by atoms with E-state index < -0.39 is 6.04 Å². The molecule has 0 fully saturated rings. The largest absolute Gasteiger partial charge is 0.350 e. The van der Waals surface area contributed by atoms with Crippen LogP contribution < -0.4 is 5.32 Å². The van der Waals surface area contributed by atoms with Gasteiger partial charge in [-0.1, -0.05) is 48.0 Å². The molecule has 2 aromatic carbocycles. The Labute approximate surface area is 172 Å². The predicted molar refractivity (Wildman–Crippen MR) is 116 cm³/mol. The third-order valence-electron chi connectivity index (χ3n) is 4.24. The first-order chi connectivity index (χ1) is 13.2. The molecule has 0 aliphatic rings. The van der Waals surface area contributed by atoms with Crippen molar-refractivity contribution in [1.29, 1.82) is 0 Å². The molecule has 0 heterocycles. The van der Waals surface area contributed by atoms with Gasteiger partial charge in [-0.25, -0.2) is 0 Å². The lowest BCUT2D eigenvalue weighted by Gasteiger charge is -2.31. The van der Waals surface area contributed by atoms with E-state index in [1.165, 1.54) is 17.3 Å². The van der Waals surface area contributed by atoms with Crippen LogP contribution in [0.15, 0.2) is 59.5 Å². The van der Waals surface area contributed by atoms with Crippen LogP contribution in [-0.4, -0.2) is 34.0 Å². The molecule has 0 saturated carbocycles. The number of thioether (sulfide) groups is 1. The summed E-state index contributed by atoms with van der Waals surface area (Å²) in [7, 11) is 0. The van der Waals surface area contributed by atoms with Crippen LogP contribution in [0.1, 0.15) is 38.8 Å². The molecule has 0 aliphatic carbocycles. The Hall–Kier alpha value is -2.27. The average molecular weight is 399 g/mol. The minimum atomic E-state index is -0.550. The summed E-state index contributed by atoms with van der Waals surface area (Å²) in [6, 6.07) is 17.3. The highest BCUT2D eigenvalue weighted by atomic mass is 32.2. The average Bonchev–Trinajstić information content (AvgIpc) is 2.64. The third-order valence-corrected chi connectivity index (χ3v) is 5.24. The maximum Gasteiger partial charge on any atom is 0.242 e. The molecule has 0 bridgehead atoms. The van der Waals surface area contributed by atoms with E-state index in [1.807, 2.05) is 82.3 Å². The number of benzene rings is 2. The minimum absolute atomic E-state index is 0.0500. The molecule has 28 heavy (non-hydrogen) atoms. The van der Waals surface area contributed by atoms with Crippen molar-refractivity contribution in [2.24, 2.45) is 0 Å². The Morgan fingerprint density at radius 1 is 1.04 bits per heavy atom. The molecule has 0 saturated heterocycles. The Kier molecular flexibility index (Phi) is 7.69. The Bertz CT molecular complexity index is 782. The maximum absolute atomic E-state index is 13.0. The van der Waals surface area contributed by atoms with Crippen LogP contribution in [0.25, 0.3) is 0 Å². The number of carbonyl (C=O) groups excluding carboxylic acids is 2. The van der Waals surface area contributed by atoms with E-state index >= 15 is 0 Å². The van der Waals surface area contributed by atoms with E-state index in [4.69, 9.17) is 0 Å². The van der Waals surface area contributed by atoms with Gasteiger partial charge in [-0.05, 0) is 52.3 Å². The fraction of sp³-hybridized carbons (Fsp3) is 0.391. The molecule has 0 unspecified atom stereocenters. The summed E-state index contributed by atoms with van der Waals surface area (Å²) in [5.74, 6) is 0.103. The van der Waals surface area contributed by atoms with Gasteiger partial charge in [0.1, 0.15) is 6.04 Å². The Balaban J connectivity index is 2.12. The first kappa shape index (κ1) is 22.0. The van der Waals surface area contributed by atoms with E-state index in [2.05, 4.69) is 5.32 Å². The molecule has 2 rings (SSSR count). The molecule has 0 radical (unpaired) electrons. The SMILES string of the molecule is Cc1ccc(SCC(=O)N(Cc2ccccc2)[C@@H](C)C(=O)NC(C)(C)C)cc1. The summed E-state index contributed by atoms with van der Waals surface area (Å²) in [6.45, 7) is 10.1. The van der Waals surface area contributed by atoms with E-state index in [9.17, 15) is 9.59 Å². The lowest BCUT2D eigenvalue weighted by molar-refractivity contribution is -0.139. The molecule has 1 N–H and O–H groups in total. The van der Waals surface area contributed by atoms with Crippen LogP contribution in [-0.2, 0) is 16.1 Å². The lowest BCUT2D eigenvalue weighted by Crippen LogP contribution is -2.52. The van der Waals surface area contributed by atoms with Gasteiger partial charge in [-0.15, -0.1) is 11.8 Å². The van der Waals surface area contributed by atoms with E-state index in [0.717, 1.165) is 10.5 Å². The number of hydrogen-bond acceptors (Lipinski definition) is 3. The van der Waals surface area contributed by atoms with Crippen LogP contribution >= 0.6 is 11.8 Å². The molecule has 1 atom stereocenters. The van der Waals surface area contributed by atoms with Crippen molar-refractivity contribution < 1.29 is 9.59 Å². The monoisotopic (exact) mass is 398 g/mol. The topological polar surface area (TPSA) is 49.4 Å². The maximum atomic E-state index is 13.0. The predicted octanol–water partition coefficient (Wildman–Crippen LogP) is 4.42. The van der Waals surface area contributed by atoms with Gasteiger partial charge in [0, 0.05) is 17.0 Å². The molecule has 0 spiro atoms. The van der Waals surface area contributed by atoms with Crippen molar-refractivity contribution in [3.05, 3.63) is 65.7 Å². The number of aryl methyl sites for hydroxylation is 1. The van der Waals surface area contributed by atoms with Crippen LogP contribution in [0.4, 0.5) is 0 Å². The van der Waals surface area contributed by atoms with Crippen molar-refractivity contribution in [2.45, 2.75) is 57.6 Å². The van der Waals surface area contributed by atoms with Gasteiger partial charge in [0.15, 0.2) is 0 Å². The van der Waals surface area contributed by atoms with Gasteiger partial charge in [-0.3, -0.25) is 9.59 Å². The second-order valence-corrected chi connectivity index (χ2v) is 9.07. The molecular formula is C23H30N2O2S. The number of carbonyl (C=O) groups is 2. The summed E-state index contributed by atoms with van der Waals surface area (Å²) >= 11 is 1.50. The summed E-state index contributed by atoms with van der Waals surface area (Å²) in [4.78, 5) is 28.4. The van der Waals surface area contributed by atoms with Crippen molar-refractivity contribution in [3.63, 3.8) is 0 Å². The minimum Gasteiger partial charge on any atom is -0.350 e. The number of rotatable bonds is 7. The normalized spacial score (nSPS) is 12.3. The molecule has 2 amide bonds. The van der Waals surface area contributed by atoms with Crippen molar-refractivity contribution >= 4 is 23.6 Å². The van der Waals surface area contributed by atoms with E-state index in [0.29, 0.717) is 12.3 Å². The van der Waals surface area contributed by atoms with Crippen molar-refractivity contribution in [3.8, 4) is 0 Å². The van der Waals surface area contributed by atoms with Crippen LogP contribution in [0.2, 0.25) is 0 Å². The molecule has 150 valence electrons. The standard InChI is InChI=1S/C23H30N2O2S/c1-17-11-13-20(14-12-17)28-16-21(26)25(15-19-9-7-6-8-10-19)18(2)22(27)24-23(3,4)5/h6-14,18H,15-16H2,1-5H3,(H,24,27)/t18-/m0/s1. The number of amides is 2. The number of nitrogens with one attached hydrogen (secondary N) is 1. The van der Waals surface area contributed by atoms with Crippen LogP contribution in [0.5, 0.6) is 0 Å². The highest BCUT2D eigenvalue weighted by molar-refractivity contribution is 8.00. The number of hydrogen-bond donors (Lipinski definition) is 1. The van der Waals surface area contributed by atoms with Crippen molar-refractivity contribution in [1.82, 2.24) is 10.2 Å². The highest BCUT2D eigenvalue weighted by Gasteiger charge is 2.28. The second kappa shape index (κ2) is 9.78. The first-order valence-corrected chi connectivity index (χ1v) is 10.5. The molecule has 2 aromatic rings. The van der Waals surface area contributed by atoms with Gasteiger partial charge < -0.3 is 10.2 Å². The Morgan fingerprint density at radius 2 is 1.64 bits per heavy atom. The first-order valence-electron chi connectivity index (χ1n) is 9.50. The van der Waals surface area contributed by atoms with Gasteiger partial charge in [0.25, 0.3) is 0 Å². The second-order valence-electron chi connectivity index (χ2n) is 8.02. The molecule has 0 aliphatic heterocycles. The zero-order chi connectivity index (χ0) is 20.7. The van der Waals surface area contributed by atoms with Gasteiger partial charge in [0.2, 0.25) is 11.8 Å². The summed E-state index contributed by atoms with van der Waals surface area (Å²) < 4.78 is 0. The van der Waals surface area contributed by atoms with Crippen molar-refractivity contribution in [2.75, 3.05) is 5.75 Å². The number of nitrogens with zero attached hydrogens (tertiary/aromatic N) is 1. The van der Waals surface area contributed by atoms with Crippen LogP contribution in [0, 0.1) is 6.92 Å². The third kappa shape index (κ3) is 7.04. The summed E-state index contributed by atoms with van der Waals surface area (Å²) in [6.07, 6.45) is 0. The fourth-order valence-electron chi connectivity index (χ4n) is 2.70.